The first kappa shape index (κ1) is 25.7. The third-order valence-electron chi connectivity index (χ3n) is 5.94. The van der Waals surface area contributed by atoms with Crippen LogP contribution in [0.4, 0.5) is 11.4 Å². The number of fused-ring (bicyclic) bond motifs is 1. The number of carbonyl (C=O) groups is 2. The van der Waals surface area contributed by atoms with Gasteiger partial charge in [-0.15, -0.1) is 0 Å². The molecule has 2 aromatic heterocycles. The van der Waals surface area contributed by atoms with E-state index in [1.807, 2.05) is 60.7 Å². The van der Waals surface area contributed by atoms with E-state index in [4.69, 9.17) is 14.2 Å². The van der Waals surface area contributed by atoms with Crippen LogP contribution in [0, 0.1) is 0 Å². The number of ether oxygens (including phenoxy) is 3. The highest BCUT2D eigenvalue weighted by molar-refractivity contribution is 6.11. The zero-order chi connectivity index (χ0) is 26.2. The number of aromatic nitrogens is 2. The summed E-state index contributed by atoms with van der Waals surface area (Å²) in [7, 11) is 4.37. The van der Waals surface area contributed by atoms with Crippen molar-refractivity contribution in [2.75, 3.05) is 38.6 Å². The number of anilines is 2. The predicted octanol–water partition coefficient (Wildman–Crippen LogP) is 4.27. The van der Waals surface area contributed by atoms with Gasteiger partial charge in [-0.3, -0.25) is 4.79 Å². The van der Waals surface area contributed by atoms with Crippen molar-refractivity contribution in [2.45, 2.75) is 19.5 Å². The Morgan fingerprint density at radius 3 is 2.41 bits per heavy atom. The van der Waals surface area contributed by atoms with Crippen LogP contribution in [0.1, 0.15) is 21.6 Å². The summed E-state index contributed by atoms with van der Waals surface area (Å²) >= 11 is 0. The molecule has 0 spiro atoms. The maximum atomic E-state index is 13.0. The maximum absolute atomic E-state index is 13.0. The van der Waals surface area contributed by atoms with Crippen LogP contribution in [0.2, 0.25) is 0 Å². The fraction of sp³-hybridized carbons (Fsp3) is 0.250. The molecule has 0 radical (unpaired) electrons. The van der Waals surface area contributed by atoms with Crippen molar-refractivity contribution in [1.29, 1.82) is 0 Å². The van der Waals surface area contributed by atoms with Crippen molar-refractivity contribution >= 4 is 34.3 Å². The molecule has 2 N–H and O–H groups in total. The molecule has 4 aromatic rings. The van der Waals surface area contributed by atoms with E-state index in [9.17, 15) is 9.59 Å². The number of hydrogen-bond acceptors (Lipinski definition) is 7. The lowest BCUT2D eigenvalue weighted by atomic mass is 10.1. The summed E-state index contributed by atoms with van der Waals surface area (Å²) in [5, 5.41) is 6.82. The second-order valence-corrected chi connectivity index (χ2v) is 8.38. The molecule has 0 bridgehead atoms. The predicted molar refractivity (Wildman–Crippen MR) is 142 cm³/mol. The van der Waals surface area contributed by atoms with Gasteiger partial charge in [-0.2, -0.15) is 0 Å². The average Bonchev–Trinajstić information content (AvgIpc) is 3.23. The van der Waals surface area contributed by atoms with E-state index in [2.05, 4.69) is 15.6 Å². The van der Waals surface area contributed by atoms with Gasteiger partial charge in [0.1, 0.15) is 18.0 Å². The summed E-state index contributed by atoms with van der Waals surface area (Å²) < 4.78 is 17.1. The normalized spacial score (nSPS) is 10.8. The molecular weight excluding hydrogens is 472 g/mol. The fourth-order valence-corrected chi connectivity index (χ4v) is 4.11. The monoisotopic (exact) mass is 502 g/mol. The quantitative estimate of drug-likeness (QED) is 0.295. The Hall–Kier alpha value is -4.37. The number of methoxy groups -OCH3 is 3. The Morgan fingerprint density at radius 2 is 1.73 bits per heavy atom. The number of amides is 1. The van der Waals surface area contributed by atoms with Crippen molar-refractivity contribution in [3.8, 4) is 5.75 Å². The number of carbonyl (C=O) groups excluding carboxylic acids is 2. The highest BCUT2D eigenvalue weighted by atomic mass is 16.5. The van der Waals surface area contributed by atoms with Gasteiger partial charge in [0.2, 0.25) is 5.91 Å². The summed E-state index contributed by atoms with van der Waals surface area (Å²) in [5.74, 6) is -0.186. The van der Waals surface area contributed by atoms with E-state index >= 15 is 0 Å². The fourth-order valence-electron chi connectivity index (χ4n) is 4.11. The van der Waals surface area contributed by atoms with Crippen LogP contribution in [-0.2, 0) is 33.8 Å². The molecule has 0 saturated heterocycles. The van der Waals surface area contributed by atoms with Crippen molar-refractivity contribution in [1.82, 2.24) is 9.55 Å². The molecule has 0 unspecified atom stereocenters. The first-order chi connectivity index (χ1) is 18.0. The van der Waals surface area contributed by atoms with E-state index in [0.717, 1.165) is 22.6 Å². The van der Waals surface area contributed by atoms with Gasteiger partial charge in [0.15, 0.2) is 5.69 Å². The lowest BCUT2D eigenvalue weighted by Crippen LogP contribution is -2.20. The number of benzene rings is 2. The molecule has 2 aromatic carbocycles. The van der Waals surface area contributed by atoms with Gasteiger partial charge in [-0.25, -0.2) is 9.78 Å². The molecule has 9 heteroatoms. The van der Waals surface area contributed by atoms with E-state index in [0.29, 0.717) is 36.2 Å². The minimum Gasteiger partial charge on any atom is -0.497 e. The number of nitrogens with one attached hydrogen (secondary N) is 2. The van der Waals surface area contributed by atoms with Crippen LogP contribution in [0.3, 0.4) is 0 Å². The second kappa shape index (κ2) is 12.0. The van der Waals surface area contributed by atoms with Gasteiger partial charge in [-0.1, -0.05) is 42.5 Å². The van der Waals surface area contributed by atoms with E-state index in [1.54, 1.807) is 17.9 Å². The first-order valence-corrected chi connectivity index (χ1v) is 11.8. The zero-order valence-corrected chi connectivity index (χ0v) is 21.1. The molecule has 0 aliphatic carbocycles. The summed E-state index contributed by atoms with van der Waals surface area (Å²) in [4.78, 5) is 30.2. The van der Waals surface area contributed by atoms with Gasteiger partial charge >= 0.3 is 5.97 Å². The number of nitrogens with zero attached hydrogens (tertiary/aromatic N) is 2. The van der Waals surface area contributed by atoms with Crippen LogP contribution in [0.15, 0.2) is 66.9 Å². The van der Waals surface area contributed by atoms with Crippen molar-refractivity contribution in [3.05, 3.63) is 83.7 Å². The summed E-state index contributed by atoms with van der Waals surface area (Å²) in [6, 6.07) is 19.6. The van der Waals surface area contributed by atoms with Gasteiger partial charge in [-0.05, 0) is 35.7 Å². The molecule has 0 atom stereocenters. The van der Waals surface area contributed by atoms with E-state index in [-0.39, 0.29) is 18.2 Å². The molecule has 0 aliphatic heterocycles. The summed E-state index contributed by atoms with van der Waals surface area (Å²) in [6.45, 7) is 0.886. The highest BCUT2D eigenvalue weighted by Crippen LogP contribution is 2.33. The Balaban J connectivity index is 1.73. The second-order valence-electron chi connectivity index (χ2n) is 8.38. The molecule has 0 fully saturated rings. The van der Waals surface area contributed by atoms with Gasteiger partial charge in [0.05, 0.1) is 31.8 Å². The third-order valence-corrected chi connectivity index (χ3v) is 5.94. The lowest BCUT2D eigenvalue weighted by molar-refractivity contribution is -0.119. The Bertz CT molecular complexity index is 1370. The molecule has 0 saturated carbocycles. The number of aryl methyl sites for hydroxylation is 2. The molecule has 37 heavy (non-hydrogen) atoms. The lowest BCUT2D eigenvalue weighted by Gasteiger charge is -2.11. The first-order valence-electron chi connectivity index (χ1n) is 11.8. The molecule has 4 rings (SSSR count). The SMILES string of the molecule is COCC(=O)Nc1c(C(=O)OC)n(CCc2ccc(OC)cc2)c2ncc(NCc3ccccc3)cc12. The van der Waals surface area contributed by atoms with E-state index in [1.165, 1.54) is 14.2 Å². The third kappa shape index (κ3) is 6.07. The van der Waals surface area contributed by atoms with Crippen LogP contribution in [-0.4, -0.2) is 49.4 Å². The van der Waals surface area contributed by atoms with E-state index < -0.39 is 5.97 Å². The van der Waals surface area contributed by atoms with Crippen molar-refractivity contribution in [3.63, 3.8) is 0 Å². The highest BCUT2D eigenvalue weighted by Gasteiger charge is 2.26. The molecule has 192 valence electrons. The van der Waals surface area contributed by atoms with Crippen LogP contribution < -0.4 is 15.4 Å². The Morgan fingerprint density at radius 1 is 0.973 bits per heavy atom. The summed E-state index contributed by atoms with van der Waals surface area (Å²) in [5.41, 5.74) is 4.06. The standard InChI is InChI=1S/C28H30N4O5/c1-35-18-24(33)31-25-23-15-21(29-16-20-7-5-4-6-8-20)17-30-27(23)32(26(25)28(34)37-3)14-13-19-9-11-22(36-2)12-10-19/h4-12,15,17,29H,13-14,16,18H2,1-3H3,(H,31,33). The van der Waals surface area contributed by atoms with Crippen LogP contribution in [0.25, 0.3) is 11.0 Å². The van der Waals surface area contributed by atoms with Gasteiger partial charge in [0, 0.05) is 25.6 Å². The minimum absolute atomic E-state index is 0.154. The van der Waals surface area contributed by atoms with Crippen molar-refractivity contribution < 1.29 is 23.8 Å². The summed E-state index contributed by atoms with van der Waals surface area (Å²) in [6.07, 6.45) is 2.34. The van der Waals surface area contributed by atoms with Crippen molar-refractivity contribution in [2.24, 2.45) is 0 Å². The molecule has 1 amide bonds. The maximum Gasteiger partial charge on any atom is 0.356 e. The number of rotatable bonds is 11. The van der Waals surface area contributed by atoms with Gasteiger partial charge < -0.3 is 29.4 Å². The van der Waals surface area contributed by atoms with Gasteiger partial charge in [0.25, 0.3) is 0 Å². The molecule has 9 nitrogen and oxygen atoms in total. The van der Waals surface area contributed by atoms with Crippen LogP contribution >= 0.6 is 0 Å². The topological polar surface area (TPSA) is 104 Å². The smallest absolute Gasteiger partial charge is 0.356 e. The number of esters is 1. The minimum atomic E-state index is -0.570. The molecule has 0 aliphatic rings. The zero-order valence-electron chi connectivity index (χ0n) is 21.1. The number of hydrogen-bond donors (Lipinski definition) is 2. The van der Waals surface area contributed by atoms with Crippen LogP contribution in [0.5, 0.6) is 5.75 Å². The Kier molecular flexibility index (Phi) is 8.37. The molecule has 2 heterocycles. The Labute approximate surface area is 215 Å². The number of pyridine rings is 1. The largest absolute Gasteiger partial charge is 0.497 e. The molecular formula is C28H30N4O5. The average molecular weight is 503 g/mol.